The fraction of sp³-hybridized carbons (Fsp3) is 0.526. The number of hydrogen-bond donors (Lipinski definition) is 2. The Hall–Kier alpha value is -1.33. The highest BCUT2D eigenvalue weighted by atomic mass is 127. The number of aromatic nitrogens is 1. The lowest BCUT2D eigenvalue weighted by atomic mass is 10.2. The molecule has 2 heterocycles. The Labute approximate surface area is 184 Å². The lowest BCUT2D eigenvalue weighted by Gasteiger charge is -2.16. The van der Waals surface area contributed by atoms with Crippen molar-refractivity contribution in [3.8, 4) is 0 Å². The minimum absolute atomic E-state index is 0. The second kappa shape index (κ2) is 11.0. The van der Waals surface area contributed by atoms with Crippen LogP contribution in [0.2, 0.25) is 0 Å². The third-order valence-electron chi connectivity index (χ3n) is 4.71. The highest BCUT2D eigenvalue weighted by Crippen LogP contribution is 2.15. The molecule has 1 fully saturated rings. The molecule has 0 amide bonds. The number of aryl methyl sites for hydroxylation is 1. The molecule has 1 aromatic carbocycles. The van der Waals surface area contributed by atoms with Crippen molar-refractivity contribution >= 4 is 50.9 Å². The normalized spacial score (nSPS) is 16.8. The van der Waals surface area contributed by atoms with Crippen LogP contribution in [0, 0.1) is 0 Å². The minimum atomic E-state index is -3.03. The summed E-state index contributed by atoms with van der Waals surface area (Å²) in [6, 6.07) is 10.5. The number of nitrogens with zero attached hydrogens (tertiary/aromatic N) is 3. The van der Waals surface area contributed by atoms with Crippen molar-refractivity contribution < 1.29 is 8.42 Å². The molecule has 28 heavy (non-hydrogen) atoms. The van der Waals surface area contributed by atoms with Crippen LogP contribution in [0.15, 0.2) is 41.5 Å². The van der Waals surface area contributed by atoms with Crippen LogP contribution < -0.4 is 10.6 Å². The van der Waals surface area contributed by atoms with E-state index in [-0.39, 0.29) is 29.7 Å². The van der Waals surface area contributed by atoms with E-state index in [4.69, 9.17) is 0 Å². The van der Waals surface area contributed by atoms with E-state index in [1.54, 1.807) is 4.31 Å². The number of halogens is 1. The van der Waals surface area contributed by atoms with Crippen molar-refractivity contribution in [1.29, 1.82) is 0 Å². The number of nitrogens with one attached hydrogen (secondary N) is 2. The third-order valence-corrected chi connectivity index (χ3v) is 6.66. The molecule has 2 aromatic rings. The molecule has 1 aliphatic heterocycles. The van der Waals surface area contributed by atoms with E-state index < -0.39 is 10.0 Å². The van der Waals surface area contributed by atoms with Gasteiger partial charge in [-0.15, -0.1) is 24.0 Å². The standard InChI is InChI=1S/C19H29N5O2S.HI/c1-2-20-19(22-11-15-24-13-6-16-27(24,25)26)21-10-5-12-23-14-9-17-7-3-4-8-18(17)23;/h3-4,7-9,14H,2,5-6,10-13,15-16H2,1H3,(H2,20,21,22);1H. The van der Waals surface area contributed by atoms with Crippen molar-refractivity contribution in [3.05, 3.63) is 36.5 Å². The minimum Gasteiger partial charge on any atom is -0.357 e. The maximum atomic E-state index is 11.8. The van der Waals surface area contributed by atoms with Crippen LogP contribution in [0.5, 0.6) is 0 Å². The van der Waals surface area contributed by atoms with Gasteiger partial charge in [0.05, 0.1) is 5.75 Å². The molecule has 156 valence electrons. The summed E-state index contributed by atoms with van der Waals surface area (Å²) < 4.78 is 27.5. The zero-order valence-corrected chi connectivity index (χ0v) is 19.4. The van der Waals surface area contributed by atoms with Crippen LogP contribution in [0.25, 0.3) is 10.9 Å². The third kappa shape index (κ3) is 6.08. The fourth-order valence-corrected chi connectivity index (χ4v) is 4.88. The Morgan fingerprint density at radius 3 is 2.75 bits per heavy atom. The molecule has 1 saturated heterocycles. The van der Waals surface area contributed by atoms with Crippen LogP contribution in [-0.2, 0) is 16.6 Å². The van der Waals surface area contributed by atoms with E-state index in [0.29, 0.717) is 26.2 Å². The average Bonchev–Trinajstić information content (AvgIpc) is 3.21. The highest BCUT2D eigenvalue weighted by Gasteiger charge is 2.27. The molecule has 0 bridgehead atoms. The first-order valence-electron chi connectivity index (χ1n) is 9.64. The summed E-state index contributed by atoms with van der Waals surface area (Å²) in [6.45, 7) is 6.11. The topological polar surface area (TPSA) is 78.7 Å². The molecule has 9 heteroatoms. The molecule has 0 spiro atoms. The van der Waals surface area contributed by atoms with Gasteiger partial charge in [0.1, 0.15) is 0 Å². The van der Waals surface area contributed by atoms with Crippen LogP contribution in [-0.4, -0.2) is 61.7 Å². The van der Waals surface area contributed by atoms with Gasteiger partial charge in [0.15, 0.2) is 5.96 Å². The van der Waals surface area contributed by atoms with E-state index in [1.807, 2.05) is 6.92 Å². The molecule has 3 rings (SSSR count). The van der Waals surface area contributed by atoms with Crippen LogP contribution in [0.4, 0.5) is 0 Å². The molecule has 2 N–H and O–H groups in total. The maximum Gasteiger partial charge on any atom is 0.214 e. The van der Waals surface area contributed by atoms with Gasteiger partial charge >= 0.3 is 0 Å². The summed E-state index contributed by atoms with van der Waals surface area (Å²) in [5.74, 6) is 1.02. The van der Waals surface area contributed by atoms with E-state index >= 15 is 0 Å². The maximum absolute atomic E-state index is 11.8. The summed E-state index contributed by atoms with van der Waals surface area (Å²) in [5.41, 5.74) is 1.25. The van der Waals surface area contributed by atoms with E-state index in [0.717, 1.165) is 31.9 Å². The van der Waals surface area contributed by atoms with Gasteiger partial charge in [0.2, 0.25) is 10.0 Å². The largest absolute Gasteiger partial charge is 0.357 e. The lowest BCUT2D eigenvalue weighted by Crippen LogP contribution is -2.42. The van der Waals surface area contributed by atoms with E-state index in [9.17, 15) is 8.42 Å². The fourth-order valence-electron chi connectivity index (χ4n) is 3.35. The number of aliphatic imine (C=N–C) groups is 1. The average molecular weight is 519 g/mol. The highest BCUT2D eigenvalue weighted by molar-refractivity contribution is 14.0. The second-order valence-corrected chi connectivity index (χ2v) is 8.77. The van der Waals surface area contributed by atoms with Crippen molar-refractivity contribution in [2.24, 2.45) is 4.99 Å². The summed E-state index contributed by atoms with van der Waals surface area (Å²) in [5, 5.41) is 7.71. The molecule has 1 aliphatic rings. The summed E-state index contributed by atoms with van der Waals surface area (Å²) in [7, 11) is -3.03. The number of fused-ring (bicyclic) bond motifs is 1. The smallest absolute Gasteiger partial charge is 0.214 e. The van der Waals surface area contributed by atoms with Crippen LogP contribution in [0.1, 0.15) is 19.8 Å². The number of benzene rings is 1. The van der Waals surface area contributed by atoms with Gasteiger partial charge in [-0.05, 0) is 37.3 Å². The quantitative estimate of drug-likeness (QED) is 0.243. The summed E-state index contributed by atoms with van der Waals surface area (Å²) >= 11 is 0. The number of guanidine groups is 1. The zero-order chi connectivity index (χ0) is 19.1. The van der Waals surface area contributed by atoms with Gasteiger partial charge in [0.25, 0.3) is 0 Å². The second-order valence-electron chi connectivity index (χ2n) is 6.68. The molecule has 7 nitrogen and oxygen atoms in total. The summed E-state index contributed by atoms with van der Waals surface area (Å²) in [4.78, 5) is 4.61. The number of para-hydroxylation sites is 1. The van der Waals surface area contributed by atoms with Crippen molar-refractivity contribution in [2.75, 3.05) is 38.5 Å². The first-order chi connectivity index (χ1) is 13.1. The van der Waals surface area contributed by atoms with Gasteiger partial charge in [0, 0.05) is 51.0 Å². The van der Waals surface area contributed by atoms with Gasteiger partial charge < -0.3 is 15.2 Å². The molecular weight excluding hydrogens is 489 g/mol. The first kappa shape index (κ1) is 23.0. The Bertz CT molecular complexity index is 881. The Morgan fingerprint density at radius 2 is 2.00 bits per heavy atom. The van der Waals surface area contributed by atoms with Crippen LogP contribution in [0.3, 0.4) is 0 Å². The summed E-state index contributed by atoms with van der Waals surface area (Å²) in [6.07, 6.45) is 3.79. The predicted octanol–water partition coefficient (Wildman–Crippen LogP) is 2.24. The lowest BCUT2D eigenvalue weighted by molar-refractivity contribution is 0.445. The number of hydrogen-bond acceptors (Lipinski definition) is 3. The molecular formula is C19H30IN5O2S. The molecule has 0 saturated carbocycles. The Morgan fingerprint density at radius 1 is 1.18 bits per heavy atom. The van der Waals surface area contributed by atoms with Crippen molar-refractivity contribution in [3.63, 3.8) is 0 Å². The van der Waals surface area contributed by atoms with Crippen LogP contribution >= 0.6 is 24.0 Å². The Balaban J connectivity index is 0.00000280. The van der Waals surface area contributed by atoms with Crippen molar-refractivity contribution in [1.82, 2.24) is 19.5 Å². The molecule has 1 aromatic heterocycles. The van der Waals surface area contributed by atoms with Gasteiger partial charge in [-0.25, -0.2) is 12.7 Å². The molecule has 0 unspecified atom stereocenters. The Kier molecular flexibility index (Phi) is 9.03. The van der Waals surface area contributed by atoms with E-state index in [1.165, 1.54) is 10.9 Å². The molecule has 0 aliphatic carbocycles. The van der Waals surface area contributed by atoms with Gasteiger partial charge in [-0.2, -0.15) is 0 Å². The zero-order valence-electron chi connectivity index (χ0n) is 16.3. The number of sulfonamides is 1. The van der Waals surface area contributed by atoms with Gasteiger partial charge in [-0.1, -0.05) is 18.2 Å². The SMILES string of the molecule is CCNC(=NCCCn1ccc2ccccc21)NCCN1CCCS1(=O)=O.I. The first-order valence-corrected chi connectivity index (χ1v) is 11.2. The number of rotatable bonds is 8. The van der Waals surface area contributed by atoms with E-state index in [2.05, 4.69) is 56.7 Å². The van der Waals surface area contributed by atoms with Crippen molar-refractivity contribution in [2.45, 2.75) is 26.3 Å². The predicted molar refractivity (Wildman–Crippen MR) is 126 cm³/mol. The molecule has 0 radical (unpaired) electrons. The molecule has 0 atom stereocenters. The monoisotopic (exact) mass is 519 g/mol. The van der Waals surface area contributed by atoms with Gasteiger partial charge in [-0.3, -0.25) is 4.99 Å².